The Kier molecular flexibility index (Phi) is 5.37. The fraction of sp³-hybridized carbons (Fsp3) is 0.684. The molecule has 128 valence electrons. The van der Waals surface area contributed by atoms with Crippen LogP contribution in [0, 0.1) is 6.92 Å². The number of methoxy groups -OCH3 is 1. The number of hydrogen-bond acceptors (Lipinski definition) is 4. The first-order valence-electron chi connectivity index (χ1n) is 8.74. The molecule has 3 rings (SSSR count). The molecular formula is C19H29NO3. The van der Waals surface area contributed by atoms with Gasteiger partial charge in [-0.25, -0.2) is 0 Å². The van der Waals surface area contributed by atoms with Gasteiger partial charge in [0.1, 0.15) is 0 Å². The minimum atomic E-state index is -0.0110. The van der Waals surface area contributed by atoms with Crippen molar-refractivity contribution in [3.8, 4) is 0 Å². The normalized spacial score (nSPS) is 31.3. The van der Waals surface area contributed by atoms with E-state index in [0.29, 0.717) is 12.6 Å². The summed E-state index contributed by atoms with van der Waals surface area (Å²) in [6.45, 7) is 4.74. The Morgan fingerprint density at radius 3 is 2.96 bits per heavy atom. The summed E-state index contributed by atoms with van der Waals surface area (Å²) in [4.78, 5) is 2.56. The van der Waals surface area contributed by atoms with Crippen LogP contribution in [0.5, 0.6) is 0 Å². The first-order valence-corrected chi connectivity index (χ1v) is 8.74. The largest absolute Gasteiger partial charge is 0.394 e. The van der Waals surface area contributed by atoms with Crippen LogP contribution in [0.25, 0.3) is 0 Å². The van der Waals surface area contributed by atoms with Crippen LogP contribution in [0.1, 0.15) is 36.8 Å². The molecule has 4 heteroatoms. The summed E-state index contributed by atoms with van der Waals surface area (Å²) in [5, 5.41) is 8.99. The first kappa shape index (κ1) is 16.9. The monoisotopic (exact) mass is 319 g/mol. The summed E-state index contributed by atoms with van der Waals surface area (Å²) < 4.78 is 11.8. The second-order valence-corrected chi connectivity index (χ2v) is 6.99. The number of hydrogen-bond donors (Lipinski definition) is 1. The van der Waals surface area contributed by atoms with Crippen molar-refractivity contribution in [3.05, 3.63) is 35.4 Å². The number of benzene rings is 1. The maximum Gasteiger partial charge on any atom is 0.0847 e. The Hall–Kier alpha value is -0.940. The minimum absolute atomic E-state index is 0.0110. The molecule has 1 aromatic carbocycles. The van der Waals surface area contributed by atoms with Gasteiger partial charge in [0.05, 0.1) is 24.9 Å². The SMILES string of the molecule is CO[C@@]12CC[C@H](OCCO)C[C@@H]1N(Cc1cccc(C)c1)CC2. The molecule has 1 aromatic rings. The lowest BCUT2D eigenvalue weighted by Crippen LogP contribution is -2.51. The highest BCUT2D eigenvalue weighted by Gasteiger charge is 2.51. The van der Waals surface area contributed by atoms with Gasteiger partial charge in [-0.3, -0.25) is 4.90 Å². The lowest BCUT2D eigenvalue weighted by molar-refractivity contribution is -0.104. The number of ether oxygens (including phenoxy) is 2. The van der Waals surface area contributed by atoms with Gasteiger partial charge in [-0.15, -0.1) is 0 Å². The maximum atomic E-state index is 8.99. The summed E-state index contributed by atoms with van der Waals surface area (Å²) in [6, 6.07) is 9.17. The van der Waals surface area contributed by atoms with Crippen molar-refractivity contribution in [2.24, 2.45) is 0 Å². The molecule has 1 heterocycles. The summed E-state index contributed by atoms with van der Waals surface area (Å²) in [5.41, 5.74) is 2.67. The van der Waals surface area contributed by atoms with Crippen LogP contribution in [0.4, 0.5) is 0 Å². The molecule has 1 saturated carbocycles. The van der Waals surface area contributed by atoms with Crippen LogP contribution in [-0.4, -0.2) is 54.6 Å². The molecule has 2 fully saturated rings. The maximum absolute atomic E-state index is 8.99. The zero-order chi connectivity index (χ0) is 16.3. The van der Waals surface area contributed by atoms with Crippen molar-refractivity contribution in [2.45, 2.75) is 56.9 Å². The van der Waals surface area contributed by atoms with E-state index in [0.717, 1.165) is 38.8 Å². The highest BCUT2D eigenvalue weighted by molar-refractivity contribution is 5.22. The van der Waals surface area contributed by atoms with Crippen molar-refractivity contribution in [2.75, 3.05) is 26.9 Å². The summed E-state index contributed by atoms with van der Waals surface area (Å²) in [5.74, 6) is 0. The lowest BCUT2D eigenvalue weighted by Gasteiger charge is -2.43. The first-order chi connectivity index (χ1) is 11.2. The fourth-order valence-electron chi connectivity index (χ4n) is 4.36. The standard InChI is InChI=1S/C19H29NO3/c1-15-4-3-5-16(12-15)14-20-9-8-19(22-2)7-6-17(13-18(19)20)23-11-10-21/h3-5,12,17-18,21H,6-11,13-14H2,1-2H3/t17-,18-,19+/m0/s1. The average molecular weight is 319 g/mol. The van der Waals surface area contributed by atoms with Gasteiger partial charge in [-0.1, -0.05) is 29.8 Å². The van der Waals surface area contributed by atoms with E-state index < -0.39 is 0 Å². The van der Waals surface area contributed by atoms with Gasteiger partial charge >= 0.3 is 0 Å². The molecular weight excluding hydrogens is 290 g/mol. The third kappa shape index (κ3) is 3.61. The van der Waals surface area contributed by atoms with Gasteiger partial charge < -0.3 is 14.6 Å². The molecule has 1 N–H and O–H groups in total. The summed E-state index contributed by atoms with van der Waals surface area (Å²) >= 11 is 0. The van der Waals surface area contributed by atoms with Crippen molar-refractivity contribution < 1.29 is 14.6 Å². The van der Waals surface area contributed by atoms with Crippen LogP contribution >= 0.6 is 0 Å². The molecule has 0 aromatic heterocycles. The number of aryl methyl sites for hydroxylation is 1. The smallest absolute Gasteiger partial charge is 0.0847 e. The van der Waals surface area contributed by atoms with Crippen LogP contribution in [0.3, 0.4) is 0 Å². The van der Waals surface area contributed by atoms with Gasteiger partial charge in [-0.05, 0) is 38.2 Å². The van der Waals surface area contributed by atoms with E-state index in [1.807, 2.05) is 7.11 Å². The lowest BCUT2D eigenvalue weighted by atomic mass is 9.79. The predicted molar refractivity (Wildman–Crippen MR) is 90.4 cm³/mol. The highest BCUT2D eigenvalue weighted by Crippen LogP contribution is 2.43. The second kappa shape index (κ2) is 7.31. The summed E-state index contributed by atoms with van der Waals surface area (Å²) in [7, 11) is 1.86. The third-order valence-corrected chi connectivity index (χ3v) is 5.57. The molecule has 0 spiro atoms. The molecule has 0 bridgehead atoms. The zero-order valence-corrected chi connectivity index (χ0v) is 14.3. The zero-order valence-electron chi connectivity index (χ0n) is 14.3. The Bertz CT molecular complexity index is 521. The van der Waals surface area contributed by atoms with E-state index in [4.69, 9.17) is 14.6 Å². The van der Waals surface area contributed by atoms with Crippen LogP contribution in [-0.2, 0) is 16.0 Å². The average Bonchev–Trinajstić information content (AvgIpc) is 2.92. The van der Waals surface area contributed by atoms with Crippen molar-refractivity contribution >= 4 is 0 Å². The molecule has 3 atom stereocenters. The van der Waals surface area contributed by atoms with Gasteiger partial charge in [-0.2, -0.15) is 0 Å². The van der Waals surface area contributed by atoms with Gasteiger partial charge in [0, 0.05) is 26.2 Å². The van der Waals surface area contributed by atoms with Crippen molar-refractivity contribution in [3.63, 3.8) is 0 Å². The minimum Gasteiger partial charge on any atom is -0.394 e. The predicted octanol–water partition coefficient (Wildman–Crippen LogP) is 2.52. The van der Waals surface area contributed by atoms with Crippen LogP contribution < -0.4 is 0 Å². The number of nitrogens with zero attached hydrogens (tertiary/aromatic N) is 1. The molecule has 1 aliphatic heterocycles. The molecule has 4 nitrogen and oxygen atoms in total. The van der Waals surface area contributed by atoms with E-state index >= 15 is 0 Å². The molecule has 23 heavy (non-hydrogen) atoms. The second-order valence-electron chi connectivity index (χ2n) is 6.99. The Morgan fingerprint density at radius 1 is 1.35 bits per heavy atom. The number of aliphatic hydroxyl groups is 1. The number of fused-ring (bicyclic) bond motifs is 1. The quantitative estimate of drug-likeness (QED) is 0.875. The van der Waals surface area contributed by atoms with Crippen molar-refractivity contribution in [1.82, 2.24) is 4.90 Å². The number of aliphatic hydroxyl groups excluding tert-OH is 1. The molecule has 1 aliphatic carbocycles. The fourth-order valence-corrected chi connectivity index (χ4v) is 4.36. The Balaban J connectivity index is 1.71. The topological polar surface area (TPSA) is 41.9 Å². The molecule has 1 saturated heterocycles. The van der Waals surface area contributed by atoms with E-state index in [-0.39, 0.29) is 18.3 Å². The summed E-state index contributed by atoms with van der Waals surface area (Å²) in [6.07, 6.45) is 4.43. The van der Waals surface area contributed by atoms with E-state index in [9.17, 15) is 0 Å². The highest BCUT2D eigenvalue weighted by atomic mass is 16.5. The molecule has 0 unspecified atom stereocenters. The van der Waals surface area contributed by atoms with E-state index in [2.05, 4.69) is 36.1 Å². The van der Waals surface area contributed by atoms with Gasteiger partial charge in [0.2, 0.25) is 0 Å². The van der Waals surface area contributed by atoms with Crippen LogP contribution in [0.2, 0.25) is 0 Å². The Morgan fingerprint density at radius 2 is 2.22 bits per heavy atom. The number of rotatable bonds is 6. The molecule has 2 aliphatic rings. The molecule has 0 radical (unpaired) electrons. The van der Waals surface area contributed by atoms with Gasteiger partial charge in [0.25, 0.3) is 0 Å². The van der Waals surface area contributed by atoms with Crippen LogP contribution in [0.15, 0.2) is 24.3 Å². The van der Waals surface area contributed by atoms with Crippen molar-refractivity contribution in [1.29, 1.82) is 0 Å². The van der Waals surface area contributed by atoms with Gasteiger partial charge in [0.15, 0.2) is 0 Å². The number of likely N-dealkylation sites (tertiary alicyclic amines) is 1. The van der Waals surface area contributed by atoms with E-state index in [1.165, 1.54) is 11.1 Å². The van der Waals surface area contributed by atoms with E-state index in [1.54, 1.807) is 0 Å². The molecule has 0 amide bonds. The third-order valence-electron chi connectivity index (χ3n) is 5.57. The Labute approximate surface area is 139 Å².